The molecule has 0 unspecified atom stereocenters. The van der Waals surface area contributed by atoms with Crippen molar-refractivity contribution in [2.45, 2.75) is 24.2 Å². The van der Waals surface area contributed by atoms with Crippen molar-refractivity contribution in [3.8, 4) is 11.5 Å². The lowest BCUT2D eigenvalue weighted by molar-refractivity contribution is -0.130. The maximum atomic E-state index is 13.0. The summed E-state index contributed by atoms with van der Waals surface area (Å²) in [6.07, 6.45) is 0.463. The highest BCUT2D eigenvalue weighted by atomic mass is 32.2. The molecule has 4 rings (SSSR count). The number of carbonyl (C=O) groups excluding carboxylic acids is 1. The minimum Gasteiger partial charge on any atom is -0.411 e. The van der Waals surface area contributed by atoms with Crippen molar-refractivity contribution >= 4 is 27.5 Å². The van der Waals surface area contributed by atoms with Gasteiger partial charge in [-0.15, -0.1) is 10.2 Å². The van der Waals surface area contributed by atoms with Gasteiger partial charge in [-0.1, -0.05) is 60.3 Å². The molecule has 0 radical (unpaired) electrons. The Bertz CT molecular complexity index is 1100. The number of hydrogen-bond donors (Lipinski definition) is 0. The molecule has 1 amide bonds. The second-order valence-electron chi connectivity index (χ2n) is 7.09. The van der Waals surface area contributed by atoms with Gasteiger partial charge in [-0.2, -0.15) is 0 Å². The van der Waals surface area contributed by atoms with Gasteiger partial charge in [0.15, 0.2) is 9.84 Å². The maximum absolute atomic E-state index is 13.0. The molecule has 1 aliphatic heterocycles. The molecule has 1 fully saturated rings. The standard InChI is InChI=1S/C21H21N3O4S2/c25-19(14-29-21-23-22-20(28-21)17-9-5-2-6-10-17)24(13-16-7-3-1-4-8-16)18-11-12-30(26,27)15-18/h1-10,18H,11-15H2/t18-/m1/s1. The van der Waals surface area contributed by atoms with Crippen LogP contribution in [0.2, 0.25) is 0 Å². The van der Waals surface area contributed by atoms with Crippen molar-refractivity contribution in [2.75, 3.05) is 17.3 Å². The lowest BCUT2D eigenvalue weighted by Gasteiger charge is -2.28. The Morgan fingerprint density at radius 1 is 1.07 bits per heavy atom. The van der Waals surface area contributed by atoms with Crippen molar-refractivity contribution in [3.05, 3.63) is 66.2 Å². The number of aromatic nitrogens is 2. The van der Waals surface area contributed by atoms with E-state index < -0.39 is 9.84 Å². The van der Waals surface area contributed by atoms with Gasteiger partial charge in [0.05, 0.1) is 17.3 Å². The molecular weight excluding hydrogens is 422 g/mol. The molecule has 156 valence electrons. The third kappa shape index (κ3) is 5.09. The molecular formula is C21H21N3O4S2. The quantitative estimate of drug-likeness (QED) is 0.518. The molecule has 0 saturated carbocycles. The molecule has 0 spiro atoms. The van der Waals surface area contributed by atoms with Crippen LogP contribution >= 0.6 is 11.8 Å². The van der Waals surface area contributed by atoms with Crippen LogP contribution in [0.4, 0.5) is 0 Å². The van der Waals surface area contributed by atoms with Crippen LogP contribution < -0.4 is 0 Å². The second kappa shape index (κ2) is 9.01. The van der Waals surface area contributed by atoms with Crippen LogP contribution in [-0.4, -0.2) is 52.7 Å². The van der Waals surface area contributed by atoms with Gasteiger partial charge < -0.3 is 9.32 Å². The maximum Gasteiger partial charge on any atom is 0.277 e. The fourth-order valence-electron chi connectivity index (χ4n) is 3.39. The predicted molar refractivity (Wildman–Crippen MR) is 115 cm³/mol. The van der Waals surface area contributed by atoms with Gasteiger partial charge >= 0.3 is 0 Å². The van der Waals surface area contributed by atoms with Gasteiger partial charge in [-0.05, 0) is 24.1 Å². The first-order valence-corrected chi connectivity index (χ1v) is 12.4. The smallest absolute Gasteiger partial charge is 0.277 e. The van der Waals surface area contributed by atoms with Crippen LogP contribution in [0.3, 0.4) is 0 Å². The Balaban J connectivity index is 1.44. The average molecular weight is 444 g/mol. The van der Waals surface area contributed by atoms with Gasteiger partial charge in [0.2, 0.25) is 11.8 Å². The summed E-state index contributed by atoms with van der Waals surface area (Å²) in [5.74, 6) is 0.474. The van der Waals surface area contributed by atoms with Gasteiger partial charge in [-0.3, -0.25) is 4.79 Å². The van der Waals surface area contributed by atoms with Crippen molar-refractivity contribution in [1.29, 1.82) is 0 Å². The SMILES string of the molecule is O=C(CSc1nnc(-c2ccccc2)o1)N(Cc1ccccc1)[C@@H]1CCS(=O)(=O)C1. The summed E-state index contributed by atoms with van der Waals surface area (Å²) in [7, 11) is -3.10. The zero-order valence-electron chi connectivity index (χ0n) is 16.2. The lowest BCUT2D eigenvalue weighted by atomic mass is 10.1. The third-order valence-corrected chi connectivity index (χ3v) is 7.47. The van der Waals surface area contributed by atoms with E-state index in [4.69, 9.17) is 4.42 Å². The number of amides is 1. The van der Waals surface area contributed by atoms with Gasteiger partial charge in [0.1, 0.15) is 0 Å². The fourth-order valence-corrected chi connectivity index (χ4v) is 5.77. The minimum atomic E-state index is -3.10. The molecule has 2 aromatic carbocycles. The topological polar surface area (TPSA) is 93.4 Å². The van der Waals surface area contributed by atoms with Crippen LogP contribution in [0.25, 0.3) is 11.5 Å². The summed E-state index contributed by atoms with van der Waals surface area (Å²) in [6.45, 7) is 0.375. The third-order valence-electron chi connectivity index (χ3n) is 4.91. The molecule has 0 bridgehead atoms. The number of hydrogen-bond acceptors (Lipinski definition) is 7. The number of carbonyl (C=O) groups is 1. The Morgan fingerprint density at radius 2 is 1.77 bits per heavy atom. The normalized spacial score (nSPS) is 17.7. The molecule has 3 aromatic rings. The monoisotopic (exact) mass is 443 g/mol. The van der Waals surface area contributed by atoms with Crippen LogP contribution in [0.15, 0.2) is 70.3 Å². The number of rotatable bonds is 7. The molecule has 0 aliphatic carbocycles. The van der Waals surface area contributed by atoms with Crippen molar-refractivity contribution in [1.82, 2.24) is 15.1 Å². The highest BCUT2D eigenvalue weighted by molar-refractivity contribution is 7.99. The Hall–Kier alpha value is -2.65. The van der Waals surface area contributed by atoms with E-state index >= 15 is 0 Å². The van der Waals surface area contributed by atoms with E-state index in [-0.39, 0.29) is 29.2 Å². The Kier molecular flexibility index (Phi) is 6.19. The molecule has 1 aromatic heterocycles. The van der Waals surface area contributed by atoms with Crippen molar-refractivity contribution < 1.29 is 17.6 Å². The minimum absolute atomic E-state index is 0.00888. The van der Waals surface area contributed by atoms with Crippen LogP contribution in [-0.2, 0) is 21.2 Å². The zero-order chi connectivity index (χ0) is 21.0. The zero-order valence-corrected chi connectivity index (χ0v) is 17.8. The predicted octanol–water partition coefficient (Wildman–Crippen LogP) is 3.04. The van der Waals surface area contributed by atoms with Crippen molar-refractivity contribution in [2.24, 2.45) is 0 Å². The van der Waals surface area contributed by atoms with E-state index in [0.717, 1.165) is 22.9 Å². The first-order chi connectivity index (χ1) is 14.5. The largest absolute Gasteiger partial charge is 0.411 e. The lowest BCUT2D eigenvalue weighted by Crippen LogP contribution is -2.41. The summed E-state index contributed by atoms with van der Waals surface area (Å²) < 4.78 is 29.6. The highest BCUT2D eigenvalue weighted by Crippen LogP contribution is 2.25. The second-order valence-corrected chi connectivity index (χ2v) is 10.2. The van der Waals surface area contributed by atoms with Crippen LogP contribution in [0.5, 0.6) is 0 Å². The Labute approximate surface area is 179 Å². The van der Waals surface area contributed by atoms with E-state index in [1.165, 1.54) is 0 Å². The molecule has 30 heavy (non-hydrogen) atoms. The molecule has 1 saturated heterocycles. The fraction of sp³-hybridized carbons (Fsp3) is 0.286. The number of nitrogens with zero attached hydrogens (tertiary/aromatic N) is 3. The summed E-state index contributed by atoms with van der Waals surface area (Å²) in [5.41, 5.74) is 1.77. The van der Waals surface area contributed by atoms with Gasteiger partial charge in [0.25, 0.3) is 5.22 Å². The highest BCUT2D eigenvalue weighted by Gasteiger charge is 2.34. The molecule has 1 aliphatic rings. The first kappa shape index (κ1) is 20.6. The van der Waals surface area contributed by atoms with Crippen LogP contribution in [0, 0.1) is 0 Å². The molecule has 1 atom stereocenters. The average Bonchev–Trinajstić information content (AvgIpc) is 3.38. The van der Waals surface area contributed by atoms with E-state index in [9.17, 15) is 13.2 Å². The summed E-state index contributed by atoms with van der Waals surface area (Å²) in [5, 5.41) is 8.35. The summed E-state index contributed by atoms with van der Waals surface area (Å²) in [4.78, 5) is 14.7. The van der Waals surface area contributed by atoms with E-state index in [1.807, 2.05) is 60.7 Å². The van der Waals surface area contributed by atoms with Crippen molar-refractivity contribution in [3.63, 3.8) is 0 Å². The van der Waals surface area contributed by atoms with Gasteiger partial charge in [0, 0.05) is 18.2 Å². The number of thioether (sulfide) groups is 1. The van der Waals surface area contributed by atoms with Gasteiger partial charge in [-0.25, -0.2) is 8.42 Å². The molecule has 9 heteroatoms. The van der Waals surface area contributed by atoms with E-state index in [2.05, 4.69) is 10.2 Å². The summed E-state index contributed by atoms with van der Waals surface area (Å²) >= 11 is 1.16. The first-order valence-electron chi connectivity index (χ1n) is 9.56. The summed E-state index contributed by atoms with van der Waals surface area (Å²) in [6, 6.07) is 18.7. The van der Waals surface area contributed by atoms with E-state index in [0.29, 0.717) is 24.1 Å². The number of benzene rings is 2. The van der Waals surface area contributed by atoms with Crippen LogP contribution in [0.1, 0.15) is 12.0 Å². The number of sulfone groups is 1. The molecule has 2 heterocycles. The molecule has 0 N–H and O–H groups in total. The molecule has 7 nitrogen and oxygen atoms in total. The Morgan fingerprint density at radius 3 is 2.43 bits per heavy atom. The van der Waals surface area contributed by atoms with E-state index in [1.54, 1.807) is 4.90 Å².